The van der Waals surface area contributed by atoms with Crippen LogP contribution in [0, 0.1) is 0 Å². The van der Waals surface area contributed by atoms with Crippen molar-refractivity contribution < 1.29 is 56.2 Å². The van der Waals surface area contributed by atoms with E-state index in [1.165, 1.54) is 64.2 Å². The number of unbranched alkanes of at least 4 members (excludes halogenated alkanes) is 12. The molecule has 1 rings (SSSR count). The zero-order valence-corrected chi connectivity index (χ0v) is 40.6. The predicted molar refractivity (Wildman–Crippen MR) is 261 cm³/mol. The first-order valence-corrected chi connectivity index (χ1v) is 25.9. The van der Waals surface area contributed by atoms with Gasteiger partial charge in [0.2, 0.25) is 0 Å². The largest absolute Gasteiger partial charge is 0.457 e. The number of rotatable bonds is 41. The van der Waals surface area contributed by atoms with Crippen LogP contribution in [-0.4, -0.2) is 97.5 Å². The van der Waals surface area contributed by atoms with Gasteiger partial charge in [0.05, 0.1) is 19.8 Å². The third-order valence-electron chi connectivity index (χ3n) is 10.5. The Morgan fingerprint density at radius 1 is 0.600 bits per heavy atom. The highest BCUT2D eigenvalue weighted by molar-refractivity contribution is 7.80. The lowest BCUT2D eigenvalue weighted by atomic mass is 9.99. The van der Waals surface area contributed by atoms with Crippen LogP contribution in [0.4, 0.5) is 0 Å². The molecular formula is C52H86O12S. The van der Waals surface area contributed by atoms with Gasteiger partial charge in [-0.15, -0.1) is 0 Å². The van der Waals surface area contributed by atoms with Gasteiger partial charge in [0.1, 0.15) is 30.5 Å². The first kappa shape index (κ1) is 60.0. The molecule has 372 valence electrons. The van der Waals surface area contributed by atoms with Crippen LogP contribution >= 0.6 is 0 Å². The molecule has 4 N–H and O–H groups in total. The summed E-state index contributed by atoms with van der Waals surface area (Å²) in [6.45, 7) is 3.74. The van der Waals surface area contributed by atoms with Crippen LogP contribution in [0.2, 0.25) is 0 Å². The SMILES string of the molecule is CC/C=C\C/C=C\C/C=C\C/C=C\C/C=C\C/C=C\CCC(=O)OC(COCCCCCCCCCC/C=C\C/C=C\CCCCCC)COC1OC(CO)C(O)C(OS(=O)(=O)O)C1O. The molecule has 1 fully saturated rings. The zero-order chi connectivity index (χ0) is 47.5. The van der Waals surface area contributed by atoms with Gasteiger partial charge in [-0.2, -0.15) is 8.42 Å². The first-order valence-electron chi connectivity index (χ1n) is 24.5. The number of allylic oxidation sites excluding steroid dienone is 16. The quantitative estimate of drug-likeness (QED) is 0.0198. The van der Waals surface area contributed by atoms with Gasteiger partial charge in [-0.25, -0.2) is 4.18 Å². The highest BCUT2D eigenvalue weighted by Gasteiger charge is 2.48. The number of ether oxygens (including phenoxy) is 4. The maximum absolute atomic E-state index is 12.9. The van der Waals surface area contributed by atoms with E-state index >= 15 is 0 Å². The summed E-state index contributed by atoms with van der Waals surface area (Å²) in [6, 6.07) is 0. The highest BCUT2D eigenvalue weighted by Crippen LogP contribution is 2.26. The maximum atomic E-state index is 12.9. The molecule has 1 aliphatic heterocycles. The van der Waals surface area contributed by atoms with E-state index in [0.29, 0.717) is 13.0 Å². The second kappa shape index (κ2) is 42.4. The van der Waals surface area contributed by atoms with Gasteiger partial charge in [-0.1, -0.05) is 169 Å². The molecule has 1 heterocycles. The van der Waals surface area contributed by atoms with Crippen molar-refractivity contribution in [2.24, 2.45) is 0 Å². The summed E-state index contributed by atoms with van der Waals surface area (Å²) < 4.78 is 59.1. The molecule has 0 saturated carbocycles. The van der Waals surface area contributed by atoms with Crippen LogP contribution in [0.15, 0.2) is 97.2 Å². The number of aliphatic hydroxyl groups excluding tert-OH is 3. The summed E-state index contributed by atoms with van der Waals surface area (Å²) in [5.74, 6) is -0.486. The maximum Gasteiger partial charge on any atom is 0.397 e. The third kappa shape index (κ3) is 35.8. The summed E-state index contributed by atoms with van der Waals surface area (Å²) >= 11 is 0. The fourth-order valence-electron chi connectivity index (χ4n) is 6.79. The molecule has 0 aromatic carbocycles. The summed E-state index contributed by atoms with van der Waals surface area (Å²) in [5.41, 5.74) is 0. The molecule has 1 aliphatic rings. The van der Waals surface area contributed by atoms with Crippen molar-refractivity contribution in [1.29, 1.82) is 0 Å². The molecule has 0 bridgehead atoms. The standard InChI is InChI=1S/C52H86O12S/c1-3-5-7-9-11-13-15-17-19-21-23-25-27-29-31-33-35-37-39-41-48(54)62-46(45-61-52-50(56)51(64-65(57,58)59)49(55)47(43-53)63-52)44-60-42-40-38-36-34-32-30-28-26-24-22-20-18-16-14-12-10-8-6-4-2/h5,7,11,13-14,16-17,19-20,22-23,25,29,31,35,37,46-47,49-53,55-56H,3-4,6,8-10,12,15,18,21,24,26-28,30,32-34,36,38-45H2,1-2H3,(H,57,58,59)/b7-5-,13-11-,16-14-,19-17-,22-20-,25-23-,31-29-,37-35-. The molecule has 65 heavy (non-hydrogen) atoms. The first-order chi connectivity index (χ1) is 31.6. The summed E-state index contributed by atoms with van der Waals surface area (Å²) in [6.07, 6.45) is 48.8. The molecule has 0 amide bonds. The molecule has 6 atom stereocenters. The van der Waals surface area contributed by atoms with Gasteiger partial charge in [0.25, 0.3) is 0 Å². The second-order valence-corrected chi connectivity index (χ2v) is 17.4. The van der Waals surface area contributed by atoms with E-state index in [0.717, 1.165) is 70.6 Å². The average Bonchev–Trinajstić information content (AvgIpc) is 3.28. The summed E-state index contributed by atoms with van der Waals surface area (Å²) in [4.78, 5) is 12.9. The summed E-state index contributed by atoms with van der Waals surface area (Å²) in [7, 11) is -5.08. The van der Waals surface area contributed by atoms with Crippen LogP contribution in [0.1, 0.15) is 162 Å². The molecule has 0 spiro atoms. The van der Waals surface area contributed by atoms with Gasteiger partial charge in [0, 0.05) is 13.0 Å². The Labute approximate surface area is 393 Å². The summed E-state index contributed by atoms with van der Waals surface area (Å²) in [5, 5.41) is 30.7. The van der Waals surface area contributed by atoms with Gasteiger partial charge in [0.15, 0.2) is 6.29 Å². The van der Waals surface area contributed by atoms with Crippen LogP contribution in [0.25, 0.3) is 0 Å². The number of hydrogen-bond acceptors (Lipinski definition) is 11. The molecule has 0 aromatic heterocycles. The van der Waals surface area contributed by atoms with Crippen LogP contribution in [0.3, 0.4) is 0 Å². The van der Waals surface area contributed by atoms with Gasteiger partial charge < -0.3 is 34.3 Å². The van der Waals surface area contributed by atoms with Crippen molar-refractivity contribution >= 4 is 16.4 Å². The molecule has 0 aromatic rings. The van der Waals surface area contributed by atoms with Gasteiger partial charge >= 0.3 is 16.4 Å². The minimum Gasteiger partial charge on any atom is -0.457 e. The van der Waals surface area contributed by atoms with Crippen LogP contribution in [-0.2, 0) is 38.3 Å². The Hall–Kier alpha value is -2.98. The van der Waals surface area contributed by atoms with E-state index in [1.807, 2.05) is 12.2 Å². The van der Waals surface area contributed by atoms with E-state index in [-0.39, 0.29) is 19.6 Å². The predicted octanol–water partition coefficient (Wildman–Crippen LogP) is 11.0. The monoisotopic (exact) mass is 935 g/mol. The Kier molecular flexibility index (Phi) is 39.1. The fourth-order valence-corrected chi connectivity index (χ4v) is 7.29. The zero-order valence-electron chi connectivity index (χ0n) is 39.8. The van der Waals surface area contributed by atoms with Crippen molar-refractivity contribution in [1.82, 2.24) is 0 Å². The van der Waals surface area contributed by atoms with Gasteiger partial charge in [-0.3, -0.25) is 9.35 Å². The second-order valence-electron chi connectivity index (χ2n) is 16.3. The molecule has 6 unspecified atom stereocenters. The molecule has 0 radical (unpaired) electrons. The van der Waals surface area contributed by atoms with E-state index in [1.54, 1.807) is 0 Å². The topological polar surface area (TPSA) is 178 Å². The molecular weight excluding hydrogens is 849 g/mol. The average molecular weight is 935 g/mol. The lowest BCUT2D eigenvalue weighted by molar-refractivity contribution is -0.301. The smallest absolute Gasteiger partial charge is 0.397 e. The van der Waals surface area contributed by atoms with Crippen molar-refractivity contribution in [2.45, 2.75) is 198 Å². The molecule has 13 heteroatoms. The number of hydrogen-bond donors (Lipinski definition) is 4. The normalized spacial score (nSPS) is 20.5. The van der Waals surface area contributed by atoms with Crippen molar-refractivity contribution in [3.8, 4) is 0 Å². The molecule has 12 nitrogen and oxygen atoms in total. The van der Waals surface area contributed by atoms with Crippen molar-refractivity contribution in [2.75, 3.05) is 26.4 Å². The Morgan fingerprint density at radius 3 is 1.55 bits per heavy atom. The Balaban J connectivity index is 2.46. The number of carbonyl (C=O) groups excluding carboxylic acids is 1. The molecule has 1 saturated heterocycles. The van der Waals surface area contributed by atoms with Gasteiger partial charge in [-0.05, 0) is 83.5 Å². The van der Waals surface area contributed by atoms with E-state index in [9.17, 15) is 33.1 Å². The highest BCUT2D eigenvalue weighted by atomic mass is 32.3. The lowest BCUT2D eigenvalue weighted by Crippen LogP contribution is -2.60. The van der Waals surface area contributed by atoms with Crippen LogP contribution in [0.5, 0.6) is 0 Å². The number of aliphatic hydroxyl groups is 3. The Morgan fingerprint density at radius 2 is 1.06 bits per heavy atom. The number of esters is 1. The third-order valence-corrected chi connectivity index (χ3v) is 10.9. The van der Waals surface area contributed by atoms with E-state index in [4.69, 9.17) is 18.9 Å². The van der Waals surface area contributed by atoms with Crippen molar-refractivity contribution in [3.05, 3.63) is 97.2 Å². The lowest BCUT2D eigenvalue weighted by Gasteiger charge is -2.41. The van der Waals surface area contributed by atoms with E-state index < -0.39 is 59.8 Å². The number of carbonyl (C=O) groups is 1. The fraction of sp³-hybridized carbons (Fsp3) is 0.673. The Bertz CT molecular complexity index is 1500. The molecule has 0 aliphatic carbocycles. The minimum absolute atomic E-state index is 0.00471. The minimum atomic E-state index is -5.08. The van der Waals surface area contributed by atoms with Crippen molar-refractivity contribution in [3.63, 3.8) is 0 Å². The van der Waals surface area contributed by atoms with Crippen LogP contribution < -0.4 is 0 Å². The van der Waals surface area contributed by atoms with E-state index in [2.05, 4.69) is 103 Å².